The summed E-state index contributed by atoms with van der Waals surface area (Å²) < 4.78 is 2.18. The minimum Gasteiger partial charge on any atom is -0.382 e. The summed E-state index contributed by atoms with van der Waals surface area (Å²) in [5.74, 6) is 0. The van der Waals surface area contributed by atoms with Crippen molar-refractivity contribution in [2.45, 2.75) is 6.54 Å². The molecule has 1 aromatic carbocycles. The summed E-state index contributed by atoms with van der Waals surface area (Å²) in [6.45, 7) is 1.58. The van der Waals surface area contributed by atoms with Crippen LogP contribution in [-0.2, 0) is 6.54 Å². The van der Waals surface area contributed by atoms with Gasteiger partial charge in [-0.15, -0.1) is 0 Å². The van der Waals surface area contributed by atoms with Crippen molar-refractivity contribution in [2.24, 2.45) is 0 Å². The molecule has 3 aromatic heterocycles. The van der Waals surface area contributed by atoms with Gasteiger partial charge in [0.25, 0.3) is 0 Å². The summed E-state index contributed by atoms with van der Waals surface area (Å²) in [6, 6.07) is 18.3. The van der Waals surface area contributed by atoms with Crippen LogP contribution in [0.15, 0.2) is 85.7 Å². The standard InChI is InChI=1S/C21H19N5/c1-2-5-17(6-3-1)20-21(18-8-11-22-12-9-18)26(16-25-20)14-13-24-19-7-4-10-23-15-19/h1-12,15-16,24H,13-14H2. The zero-order valence-electron chi connectivity index (χ0n) is 14.3. The van der Waals surface area contributed by atoms with Crippen molar-refractivity contribution < 1.29 is 0 Å². The Morgan fingerprint density at radius 3 is 2.42 bits per heavy atom. The molecule has 4 rings (SSSR count). The van der Waals surface area contributed by atoms with Crippen molar-refractivity contribution in [3.63, 3.8) is 0 Å². The largest absolute Gasteiger partial charge is 0.382 e. The lowest BCUT2D eigenvalue weighted by Gasteiger charge is -2.12. The van der Waals surface area contributed by atoms with Crippen LogP contribution in [-0.4, -0.2) is 26.1 Å². The molecule has 0 fully saturated rings. The molecular weight excluding hydrogens is 322 g/mol. The Balaban J connectivity index is 1.63. The Labute approximate surface area is 152 Å². The Hall–Kier alpha value is -3.47. The lowest BCUT2D eigenvalue weighted by molar-refractivity contribution is 0.733. The fourth-order valence-corrected chi connectivity index (χ4v) is 2.96. The minimum absolute atomic E-state index is 0.786. The first-order chi connectivity index (χ1) is 12.9. The van der Waals surface area contributed by atoms with E-state index in [-0.39, 0.29) is 0 Å². The fourth-order valence-electron chi connectivity index (χ4n) is 2.96. The Morgan fingerprint density at radius 2 is 1.65 bits per heavy atom. The molecule has 0 saturated heterocycles. The third kappa shape index (κ3) is 3.47. The van der Waals surface area contributed by atoms with Crippen molar-refractivity contribution >= 4 is 5.69 Å². The van der Waals surface area contributed by atoms with Gasteiger partial charge < -0.3 is 9.88 Å². The van der Waals surface area contributed by atoms with Gasteiger partial charge in [-0.2, -0.15) is 0 Å². The average molecular weight is 341 g/mol. The topological polar surface area (TPSA) is 55.6 Å². The smallest absolute Gasteiger partial charge is 0.0963 e. The van der Waals surface area contributed by atoms with E-state index in [1.807, 2.05) is 67.4 Å². The zero-order chi connectivity index (χ0) is 17.6. The van der Waals surface area contributed by atoms with Gasteiger partial charge in [-0.1, -0.05) is 30.3 Å². The number of nitrogens with zero attached hydrogens (tertiary/aromatic N) is 4. The Morgan fingerprint density at radius 1 is 0.808 bits per heavy atom. The van der Waals surface area contributed by atoms with E-state index in [4.69, 9.17) is 4.98 Å². The van der Waals surface area contributed by atoms with Crippen molar-refractivity contribution in [3.05, 3.63) is 85.7 Å². The molecule has 128 valence electrons. The van der Waals surface area contributed by atoms with Crippen molar-refractivity contribution in [3.8, 4) is 22.5 Å². The fraction of sp³-hybridized carbons (Fsp3) is 0.0952. The summed E-state index contributed by atoms with van der Waals surface area (Å²) in [4.78, 5) is 13.0. The molecule has 0 unspecified atom stereocenters. The number of pyridine rings is 2. The second-order valence-electron chi connectivity index (χ2n) is 5.91. The third-order valence-electron chi connectivity index (χ3n) is 4.18. The van der Waals surface area contributed by atoms with Crippen LogP contribution in [0.25, 0.3) is 22.5 Å². The minimum atomic E-state index is 0.786. The first-order valence-corrected chi connectivity index (χ1v) is 8.56. The maximum atomic E-state index is 4.69. The molecular formula is C21H19N5. The van der Waals surface area contributed by atoms with E-state index < -0.39 is 0 Å². The van der Waals surface area contributed by atoms with Gasteiger partial charge in [-0.25, -0.2) is 4.98 Å². The molecule has 26 heavy (non-hydrogen) atoms. The summed E-state index contributed by atoms with van der Waals surface area (Å²) in [7, 11) is 0. The molecule has 5 heteroatoms. The van der Waals surface area contributed by atoms with Gasteiger partial charge in [0.1, 0.15) is 0 Å². The summed E-state index contributed by atoms with van der Waals surface area (Å²) in [5.41, 5.74) is 5.32. The Bertz CT molecular complexity index is 950. The van der Waals surface area contributed by atoms with Crippen LogP contribution in [0.4, 0.5) is 5.69 Å². The molecule has 0 atom stereocenters. The highest BCUT2D eigenvalue weighted by Crippen LogP contribution is 2.30. The SMILES string of the molecule is c1ccc(-c2ncn(CCNc3cccnc3)c2-c2ccncc2)cc1. The highest BCUT2D eigenvalue weighted by molar-refractivity contribution is 5.78. The highest BCUT2D eigenvalue weighted by Gasteiger charge is 2.14. The number of nitrogens with one attached hydrogen (secondary N) is 1. The second-order valence-corrected chi connectivity index (χ2v) is 5.91. The Kier molecular flexibility index (Phi) is 4.69. The van der Waals surface area contributed by atoms with Gasteiger partial charge in [0, 0.05) is 49.0 Å². The van der Waals surface area contributed by atoms with Crippen molar-refractivity contribution in [1.29, 1.82) is 0 Å². The molecule has 0 radical (unpaired) electrons. The van der Waals surface area contributed by atoms with Gasteiger partial charge in [0.15, 0.2) is 0 Å². The molecule has 3 heterocycles. The number of rotatable bonds is 6. The van der Waals surface area contributed by atoms with E-state index in [2.05, 4.69) is 32.0 Å². The summed E-state index contributed by atoms with van der Waals surface area (Å²) >= 11 is 0. The molecule has 0 aliphatic heterocycles. The number of aromatic nitrogens is 4. The van der Waals surface area contributed by atoms with Crippen molar-refractivity contribution in [1.82, 2.24) is 19.5 Å². The summed E-state index contributed by atoms with van der Waals surface area (Å²) in [5, 5.41) is 3.40. The van der Waals surface area contributed by atoms with E-state index >= 15 is 0 Å². The summed E-state index contributed by atoms with van der Waals surface area (Å²) in [6.07, 6.45) is 9.13. The van der Waals surface area contributed by atoms with Crippen LogP contribution >= 0.6 is 0 Å². The van der Waals surface area contributed by atoms with E-state index in [9.17, 15) is 0 Å². The first kappa shape index (κ1) is 16.0. The van der Waals surface area contributed by atoms with Crippen LogP contribution in [0.3, 0.4) is 0 Å². The lowest BCUT2D eigenvalue weighted by atomic mass is 10.1. The maximum absolute atomic E-state index is 4.69. The third-order valence-corrected chi connectivity index (χ3v) is 4.18. The molecule has 0 saturated carbocycles. The average Bonchev–Trinajstić information content (AvgIpc) is 3.14. The highest BCUT2D eigenvalue weighted by atomic mass is 15.1. The predicted octanol–water partition coefficient (Wildman–Crippen LogP) is 4.12. The van der Waals surface area contributed by atoms with E-state index in [0.29, 0.717) is 0 Å². The van der Waals surface area contributed by atoms with Crippen LogP contribution in [0.1, 0.15) is 0 Å². The van der Waals surface area contributed by atoms with Crippen LogP contribution < -0.4 is 5.32 Å². The molecule has 0 spiro atoms. The molecule has 0 aliphatic carbocycles. The van der Waals surface area contributed by atoms with Gasteiger partial charge in [0.05, 0.1) is 23.4 Å². The number of hydrogen-bond acceptors (Lipinski definition) is 4. The molecule has 4 aromatic rings. The first-order valence-electron chi connectivity index (χ1n) is 8.56. The molecule has 0 bridgehead atoms. The van der Waals surface area contributed by atoms with Gasteiger partial charge >= 0.3 is 0 Å². The monoisotopic (exact) mass is 341 g/mol. The van der Waals surface area contributed by atoms with Crippen LogP contribution in [0, 0.1) is 0 Å². The van der Waals surface area contributed by atoms with E-state index in [1.165, 1.54) is 0 Å². The normalized spacial score (nSPS) is 10.6. The van der Waals surface area contributed by atoms with Gasteiger partial charge in [-0.3, -0.25) is 9.97 Å². The number of hydrogen-bond donors (Lipinski definition) is 1. The predicted molar refractivity (Wildman–Crippen MR) is 104 cm³/mol. The molecule has 0 amide bonds. The number of benzene rings is 1. The second kappa shape index (κ2) is 7.61. The maximum Gasteiger partial charge on any atom is 0.0963 e. The number of imidazole rings is 1. The zero-order valence-corrected chi connectivity index (χ0v) is 14.3. The molecule has 5 nitrogen and oxygen atoms in total. The van der Waals surface area contributed by atoms with Crippen LogP contribution in [0.2, 0.25) is 0 Å². The van der Waals surface area contributed by atoms with E-state index in [0.717, 1.165) is 41.3 Å². The van der Waals surface area contributed by atoms with Gasteiger partial charge in [-0.05, 0) is 24.3 Å². The van der Waals surface area contributed by atoms with Crippen molar-refractivity contribution in [2.75, 3.05) is 11.9 Å². The lowest BCUT2D eigenvalue weighted by Crippen LogP contribution is -2.11. The molecule has 1 N–H and O–H groups in total. The number of anilines is 1. The van der Waals surface area contributed by atoms with Crippen LogP contribution in [0.5, 0.6) is 0 Å². The molecule has 0 aliphatic rings. The van der Waals surface area contributed by atoms with E-state index in [1.54, 1.807) is 6.20 Å². The quantitative estimate of drug-likeness (QED) is 0.573. The van der Waals surface area contributed by atoms with Gasteiger partial charge in [0.2, 0.25) is 0 Å².